The summed E-state index contributed by atoms with van der Waals surface area (Å²) in [5, 5.41) is 0. The van der Waals surface area contributed by atoms with Crippen molar-refractivity contribution in [3.63, 3.8) is 0 Å². The van der Waals surface area contributed by atoms with Gasteiger partial charge in [0.05, 0.1) is 31.4 Å². The minimum absolute atomic E-state index is 0.0223. The second-order valence-electron chi connectivity index (χ2n) is 6.00. The molecule has 5 heteroatoms. The maximum absolute atomic E-state index is 12.0. The summed E-state index contributed by atoms with van der Waals surface area (Å²) < 4.78 is 9.85. The zero-order chi connectivity index (χ0) is 15.5. The number of carbonyl (C=O) groups excluding carboxylic acids is 2. The third-order valence-electron chi connectivity index (χ3n) is 4.57. The third kappa shape index (κ3) is 2.98. The third-order valence-corrected chi connectivity index (χ3v) is 4.57. The molecule has 118 valence electrons. The SMILES string of the molecule is COC(=O)Cc1nc(C2CCCCC2)cc2c1C(=O)OCC2. The molecule has 0 amide bonds. The van der Waals surface area contributed by atoms with Crippen LogP contribution in [-0.2, 0) is 27.1 Å². The van der Waals surface area contributed by atoms with E-state index in [0.717, 1.165) is 24.1 Å². The number of esters is 2. The molecule has 22 heavy (non-hydrogen) atoms. The van der Waals surface area contributed by atoms with Crippen LogP contribution in [0.15, 0.2) is 6.07 Å². The van der Waals surface area contributed by atoms with E-state index in [1.807, 2.05) is 6.07 Å². The molecular weight excluding hydrogens is 282 g/mol. The van der Waals surface area contributed by atoms with E-state index in [0.29, 0.717) is 30.2 Å². The Balaban J connectivity index is 2.00. The number of hydrogen-bond donors (Lipinski definition) is 0. The zero-order valence-corrected chi connectivity index (χ0v) is 12.9. The van der Waals surface area contributed by atoms with Gasteiger partial charge in [-0.1, -0.05) is 19.3 Å². The van der Waals surface area contributed by atoms with E-state index in [-0.39, 0.29) is 18.4 Å². The second-order valence-corrected chi connectivity index (χ2v) is 6.00. The first-order valence-corrected chi connectivity index (χ1v) is 7.95. The Hall–Kier alpha value is -1.91. The predicted molar refractivity (Wildman–Crippen MR) is 79.8 cm³/mol. The lowest BCUT2D eigenvalue weighted by Gasteiger charge is -2.25. The van der Waals surface area contributed by atoms with E-state index in [9.17, 15) is 9.59 Å². The van der Waals surface area contributed by atoms with Crippen LogP contribution in [0.3, 0.4) is 0 Å². The summed E-state index contributed by atoms with van der Waals surface area (Å²) in [5.41, 5.74) is 2.96. The number of nitrogens with zero attached hydrogens (tertiary/aromatic N) is 1. The van der Waals surface area contributed by atoms with Crippen LogP contribution in [0.2, 0.25) is 0 Å². The molecule has 1 aromatic rings. The molecule has 1 aliphatic carbocycles. The van der Waals surface area contributed by atoms with Crippen molar-refractivity contribution < 1.29 is 19.1 Å². The number of pyridine rings is 1. The molecule has 0 unspecified atom stereocenters. The Bertz CT molecular complexity index is 591. The molecule has 0 atom stereocenters. The van der Waals surface area contributed by atoms with E-state index in [1.165, 1.54) is 26.4 Å². The normalized spacial score (nSPS) is 18.5. The summed E-state index contributed by atoms with van der Waals surface area (Å²) >= 11 is 0. The van der Waals surface area contributed by atoms with Gasteiger partial charge >= 0.3 is 11.9 Å². The van der Waals surface area contributed by atoms with Crippen molar-refractivity contribution in [1.29, 1.82) is 0 Å². The van der Waals surface area contributed by atoms with E-state index < -0.39 is 0 Å². The zero-order valence-electron chi connectivity index (χ0n) is 12.9. The standard InChI is InChI=1S/C17H21NO4/c1-21-15(19)10-14-16-12(7-8-22-17(16)20)9-13(18-14)11-5-3-2-4-6-11/h9,11H,2-8,10H2,1H3. The smallest absolute Gasteiger partial charge is 0.340 e. The Morgan fingerprint density at radius 1 is 1.36 bits per heavy atom. The predicted octanol–water partition coefficient (Wildman–Crippen LogP) is 2.56. The summed E-state index contributed by atoms with van der Waals surface area (Å²) in [5.74, 6) is -0.315. The van der Waals surface area contributed by atoms with Crippen LogP contribution in [0.5, 0.6) is 0 Å². The largest absolute Gasteiger partial charge is 0.469 e. The van der Waals surface area contributed by atoms with E-state index in [1.54, 1.807) is 0 Å². The Morgan fingerprint density at radius 2 is 2.14 bits per heavy atom. The fourth-order valence-electron chi connectivity index (χ4n) is 3.40. The lowest BCUT2D eigenvalue weighted by molar-refractivity contribution is -0.139. The van der Waals surface area contributed by atoms with Crippen LogP contribution >= 0.6 is 0 Å². The van der Waals surface area contributed by atoms with Gasteiger partial charge in [0.25, 0.3) is 0 Å². The number of aromatic nitrogens is 1. The number of rotatable bonds is 3. The fraction of sp³-hybridized carbons (Fsp3) is 0.588. The molecule has 0 saturated heterocycles. The van der Waals surface area contributed by atoms with E-state index in [4.69, 9.17) is 9.47 Å². The number of hydrogen-bond acceptors (Lipinski definition) is 5. The summed E-state index contributed by atoms with van der Waals surface area (Å²) in [7, 11) is 1.35. The molecule has 2 aliphatic rings. The molecule has 1 fully saturated rings. The minimum atomic E-state index is -0.381. The van der Waals surface area contributed by atoms with Gasteiger partial charge in [0.15, 0.2) is 0 Å². The molecule has 0 radical (unpaired) electrons. The summed E-state index contributed by atoms with van der Waals surface area (Å²) in [6.07, 6.45) is 6.70. The molecular formula is C17H21NO4. The van der Waals surface area contributed by atoms with Crippen LogP contribution in [0, 0.1) is 0 Å². The van der Waals surface area contributed by atoms with Crippen LogP contribution in [0.4, 0.5) is 0 Å². The van der Waals surface area contributed by atoms with Gasteiger partial charge in [-0.15, -0.1) is 0 Å². The number of methoxy groups -OCH3 is 1. The van der Waals surface area contributed by atoms with E-state index in [2.05, 4.69) is 4.98 Å². The van der Waals surface area contributed by atoms with Gasteiger partial charge in [-0.05, 0) is 24.5 Å². The second kappa shape index (κ2) is 6.46. The highest BCUT2D eigenvalue weighted by Gasteiger charge is 2.28. The molecule has 2 heterocycles. The topological polar surface area (TPSA) is 65.5 Å². The van der Waals surface area contributed by atoms with E-state index >= 15 is 0 Å². The highest BCUT2D eigenvalue weighted by atomic mass is 16.5. The van der Waals surface area contributed by atoms with Crippen LogP contribution in [0.1, 0.15) is 65.3 Å². The number of ether oxygens (including phenoxy) is 2. The quantitative estimate of drug-likeness (QED) is 0.803. The first-order chi connectivity index (χ1) is 10.7. The average Bonchev–Trinajstić information content (AvgIpc) is 2.55. The Labute approximate surface area is 130 Å². The van der Waals surface area contributed by atoms with Crippen LogP contribution < -0.4 is 0 Å². The van der Waals surface area contributed by atoms with Crippen LogP contribution in [0.25, 0.3) is 0 Å². The van der Waals surface area contributed by atoms with Crippen molar-refractivity contribution in [2.45, 2.75) is 50.9 Å². The van der Waals surface area contributed by atoms with Crippen molar-refractivity contribution in [3.05, 3.63) is 28.6 Å². The van der Waals surface area contributed by atoms with Crippen molar-refractivity contribution >= 4 is 11.9 Å². The molecule has 1 saturated carbocycles. The minimum Gasteiger partial charge on any atom is -0.469 e. The molecule has 1 aliphatic heterocycles. The monoisotopic (exact) mass is 303 g/mol. The molecule has 3 rings (SSSR count). The van der Waals surface area contributed by atoms with Crippen molar-refractivity contribution in [3.8, 4) is 0 Å². The van der Waals surface area contributed by atoms with Gasteiger partial charge in [-0.25, -0.2) is 4.79 Å². The number of fused-ring (bicyclic) bond motifs is 1. The van der Waals surface area contributed by atoms with Gasteiger partial charge in [0.2, 0.25) is 0 Å². The molecule has 0 N–H and O–H groups in total. The molecule has 1 aromatic heterocycles. The van der Waals surface area contributed by atoms with Crippen molar-refractivity contribution in [2.24, 2.45) is 0 Å². The number of cyclic esters (lactones) is 1. The van der Waals surface area contributed by atoms with Gasteiger partial charge in [-0.2, -0.15) is 0 Å². The summed E-state index contributed by atoms with van der Waals surface area (Å²) in [4.78, 5) is 28.3. The summed E-state index contributed by atoms with van der Waals surface area (Å²) in [6.45, 7) is 0.400. The average molecular weight is 303 g/mol. The van der Waals surface area contributed by atoms with Gasteiger partial charge in [0.1, 0.15) is 0 Å². The van der Waals surface area contributed by atoms with Crippen molar-refractivity contribution in [2.75, 3.05) is 13.7 Å². The molecule has 0 aromatic carbocycles. The highest BCUT2D eigenvalue weighted by molar-refractivity contribution is 5.94. The molecule has 0 spiro atoms. The molecule has 5 nitrogen and oxygen atoms in total. The first-order valence-electron chi connectivity index (χ1n) is 7.95. The fourth-order valence-corrected chi connectivity index (χ4v) is 3.40. The number of carbonyl (C=O) groups is 2. The molecule has 0 bridgehead atoms. The van der Waals surface area contributed by atoms with Gasteiger partial charge < -0.3 is 9.47 Å². The van der Waals surface area contributed by atoms with Gasteiger partial charge in [0, 0.05) is 18.0 Å². The van der Waals surface area contributed by atoms with Gasteiger partial charge in [-0.3, -0.25) is 9.78 Å². The van der Waals surface area contributed by atoms with Crippen LogP contribution in [-0.4, -0.2) is 30.6 Å². The lowest BCUT2D eigenvalue weighted by Crippen LogP contribution is -2.24. The summed E-state index contributed by atoms with van der Waals surface area (Å²) in [6, 6.07) is 2.05. The first kappa shape index (κ1) is 15.0. The van der Waals surface area contributed by atoms with Crippen molar-refractivity contribution in [1.82, 2.24) is 4.98 Å². The highest BCUT2D eigenvalue weighted by Crippen LogP contribution is 2.34. The maximum Gasteiger partial charge on any atom is 0.340 e. The lowest BCUT2D eigenvalue weighted by atomic mass is 9.85. The maximum atomic E-state index is 12.0. The Morgan fingerprint density at radius 3 is 2.86 bits per heavy atom. The Kier molecular flexibility index (Phi) is 4.41.